The maximum absolute atomic E-state index is 13.2. The average molecular weight is 419 g/mol. The summed E-state index contributed by atoms with van der Waals surface area (Å²) in [6.45, 7) is 0. The van der Waals surface area contributed by atoms with Gasteiger partial charge >= 0.3 is 11.1 Å². The minimum Gasteiger partial charge on any atom is -0.326 e. The largest absolute Gasteiger partial charge is 0.326 e. The molecule has 0 radical (unpaired) electrons. The third kappa shape index (κ3) is 4.11. The Balaban J connectivity index is 1.84. The summed E-state index contributed by atoms with van der Waals surface area (Å²) in [5.74, 6) is -1.57. The molecule has 0 aliphatic rings. The van der Waals surface area contributed by atoms with E-state index in [4.69, 9.17) is 0 Å². The molecule has 0 saturated heterocycles. The Morgan fingerprint density at radius 3 is 2.31 bits per heavy atom. The number of aromatic nitrogens is 2. The van der Waals surface area contributed by atoms with E-state index in [0.29, 0.717) is 5.52 Å². The van der Waals surface area contributed by atoms with E-state index in [9.17, 15) is 27.2 Å². The maximum atomic E-state index is 13.2. The van der Waals surface area contributed by atoms with Crippen molar-refractivity contribution < 1.29 is 17.6 Å². The molecule has 0 fully saturated rings. The zero-order valence-electron chi connectivity index (χ0n) is 15.7. The highest BCUT2D eigenvalue weighted by Crippen LogP contribution is 2.19. The van der Waals surface area contributed by atoms with Crippen molar-refractivity contribution in [2.75, 3.05) is 11.1 Å². The summed E-state index contributed by atoms with van der Waals surface area (Å²) >= 11 is 0. The van der Waals surface area contributed by atoms with Gasteiger partial charge in [-0.25, -0.2) is 12.8 Å². The zero-order valence-corrected chi connectivity index (χ0v) is 16.5. The van der Waals surface area contributed by atoms with Crippen molar-refractivity contribution in [2.45, 2.75) is 11.3 Å². The Hall–Kier alpha value is -3.27. The summed E-state index contributed by atoms with van der Waals surface area (Å²) in [6.07, 6.45) is -0.330. The van der Waals surface area contributed by atoms with Crippen LogP contribution in [0.15, 0.2) is 56.9 Å². The van der Waals surface area contributed by atoms with Gasteiger partial charge in [0.2, 0.25) is 5.91 Å². The van der Waals surface area contributed by atoms with Crippen LogP contribution in [0.5, 0.6) is 0 Å². The van der Waals surface area contributed by atoms with Crippen LogP contribution in [0.4, 0.5) is 10.1 Å². The smallest absolute Gasteiger partial charge is 0.316 e. The molecule has 3 rings (SSSR count). The number of fused-ring (bicyclic) bond motifs is 1. The summed E-state index contributed by atoms with van der Waals surface area (Å²) in [5.41, 5.74) is -0.579. The lowest BCUT2D eigenvalue weighted by atomic mass is 10.3. The first-order valence-corrected chi connectivity index (χ1v) is 10.2. The molecule has 2 aromatic carbocycles. The van der Waals surface area contributed by atoms with Gasteiger partial charge in [-0.1, -0.05) is 6.07 Å². The van der Waals surface area contributed by atoms with E-state index in [-0.39, 0.29) is 22.5 Å². The van der Waals surface area contributed by atoms with E-state index < -0.39 is 38.4 Å². The molecule has 3 aromatic rings. The molecule has 0 spiro atoms. The van der Waals surface area contributed by atoms with Gasteiger partial charge < -0.3 is 14.5 Å². The van der Waals surface area contributed by atoms with Gasteiger partial charge in [-0.15, -0.1) is 0 Å². The minimum atomic E-state index is -3.84. The second kappa shape index (κ2) is 7.63. The molecule has 0 unspecified atom stereocenters. The molecule has 10 heteroatoms. The monoisotopic (exact) mass is 419 g/mol. The summed E-state index contributed by atoms with van der Waals surface area (Å²) in [7, 11) is -1.03. The van der Waals surface area contributed by atoms with Crippen LogP contribution in [0.1, 0.15) is 6.42 Å². The van der Waals surface area contributed by atoms with Crippen molar-refractivity contribution in [2.24, 2.45) is 14.1 Å². The summed E-state index contributed by atoms with van der Waals surface area (Å²) < 4.78 is 40.7. The van der Waals surface area contributed by atoms with Gasteiger partial charge in [0.05, 0.1) is 21.7 Å². The van der Waals surface area contributed by atoms with Crippen LogP contribution >= 0.6 is 0 Å². The van der Waals surface area contributed by atoms with E-state index in [1.54, 1.807) is 0 Å². The number of nitrogens with one attached hydrogen (secondary N) is 1. The van der Waals surface area contributed by atoms with E-state index >= 15 is 0 Å². The third-order valence-corrected chi connectivity index (χ3v) is 6.24. The van der Waals surface area contributed by atoms with Gasteiger partial charge in [-0.3, -0.25) is 14.4 Å². The number of sulfone groups is 1. The van der Waals surface area contributed by atoms with Crippen molar-refractivity contribution >= 4 is 32.5 Å². The van der Waals surface area contributed by atoms with Crippen LogP contribution < -0.4 is 16.4 Å². The van der Waals surface area contributed by atoms with E-state index in [0.717, 1.165) is 15.2 Å². The molecule has 152 valence electrons. The van der Waals surface area contributed by atoms with Gasteiger partial charge in [0, 0.05) is 26.2 Å². The fourth-order valence-corrected chi connectivity index (χ4v) is 4.15. The highest BCUT2D eigenvalue weighted by Gasteiger charge is 2.19. The first kappa shape index (κ1) is 20.5. The standard InChI is InChI=1S/C19H18FN3O5S/c1-22-15-7-6-14(11-16(15)23(2)19(26)18(22)25)29(27,28)9-8-17(24)21-13-5-3-4-12(20)10-13/h3-7,10-11H,8-9H2,1-2H3,(H,21,24). The summed E-state index contributed by atoms with van der Waals surface area (Å²) in [4.78, 5) is 35.8. The Morgan fingerprint density at radius 2 is 1.66 bits per heavy atom. The number of nitrogens with zero attached hydrogens (tertiary/aromatic N) is 2. The molecule has 0 aliphatic heterocycles. The lowest BCUT2D eigenvalue weighted by Gasteiger charge is -2.11. The molecule has 0 atom stereocenters. The van der Waals surface area contributed by atoms with Crippen LogP contribution in [0.2, 0.25) is 0 Å². The lowest BCUT2D eigenvalue weighted by Crippen LogP contribution is -2.39. The average Bonchev–Trinajstić information content (AvgIpc) is 2.69. The van der Waals surface area contributed by atoms with Gasteiger partial charge in [0.25, 0.3) is 0 Å². The molecule has 1 amide bonds. The number of aryl methyl sites for hydroxylation is 2. The molecule has 0 saturated carbocycles. The number of carbonyl (C=O) groups excluding carboxylic acids is 1. The predicted molar refractivity (Wildman–Crippen MR) is 106 cm³/mol. The number of halogens is 1. The van der Waals surface area contributed by atoms with Gasteiger partial charge in [0.15, 0.2) is 9.84 Å². The van der Waals surface area contributed by atoms with Crippen LogP contribution in [0.3, 0.4) is 0 Å². The van der Waals surface area contributed by atoms with Crippen LogP contribution in [0, 0.1) is 5.82 Å². The third-order valence-electron chi connectivity index (χ3n) is 4.53. The van der Waals surface area contributed by atoms with E-state index in [2.05, 4.69) is 5.32 Å². The van der Waals surface area contributed by atoms with Crippen LogP contribution in [0.25, 0.3) is 11.0 Å². The summed E-state index contributed by atoms with van der Waals surface area (Å²) in [5, 5.41) is 2.44. The van der Waals surface area contributed by atoms with Crippen molar-refractivity contribution in [1.82, 2.24) is 9.13 Å². The second-order valence-electron chi connectivity index (χ2n) is 6.51. The van der Waals surface area contributed by atoms with Crippen LogP contribution in [-0.4, -0.2) is 29.2 Å². The first-order valence-electron chi connectivity index (χ1n) is 8.58. The Kier molecular flexibility index (Phi) is 5.38. The highest BCUT2D eigenvalue weighted by atomic mass is 32.2. The van der Waals surface area contributed by atoms with Crippen molar-refractivity contribution in [3.05, 3.63) is 69.0 Å². The van der Waals surface area contributed by atoms with E-state index in [1.807, 2.05) is 0 Å². The quantitative estimate of drug-likeness (QED) is 0.625. The maximum Gasteiger partial charge on any atom is 0.316 e. The lowest BCUT2D eigenvalue weighted by molar-refractivity contribution is -0.115. The molecular weight excluding hydrogens is 401 g/mol. The number of rotatable bonds is 5. The fourth-order valence-electron chi connectivity index (χ4n) is 2.89. The molecule has 1 aromatic heterocycles. The zero-order chi connectivity index (χ0) is 21.3. The molecule has 29 heavy (non-hydrogen) atoms. The molecule has 8 nitrogen and oxygen atoms in total. The van der Waals surface area contributed by atoms with Gasteiger partial charge in [-0.2, -0.15) is 0 Å². The van der Waals surface area contributed by atoms with Gasteiger partial charge in [-0.05, 0) is 36.4 Å². The SMILES string of the molecule is Cn1c(=O)c(=O)n(C)c2cc(S(=O)(=O)CCC(=O)Nc3cccc(F)c3)ccc21. The van der Waals surface area contributed by atoms with Crippen LogP contribution in [-0.2, 0) is 28.7 Å². The molecule has 1 heterocycles. The number of anilines is 1. The number of benzene rings is 2. The van der Waals surface area contributed by atoms with Gasteiger partial charge in [0.1, 0.15) is 5.82 Å². The van der Waals surface area contributed by atoms with Crippen molar-refractivity contribution in [3.8, 4) is 0 Å². The predicted octanol–water partition coefficient (Wildman–Crippen LogP) is 1.18. The fraction of sp³-hybridized carbons (Fsp3) is 0.211. The first-order chi connectivity index (χ1) is 13.6. The number of carbonyl (C=O) groups is 1. The Morgan fingerprint density at radius 1 is 1.00 bits per heavy atom. The van der Waals surface area contributed by atoms with Crippen molar-refractivity contribution in [3.63, 3.8) is 0 Å². The van der Waals surface area contributed by atoms with Crippen molar-refractivity contribution in [1.29, 1.82) is 0 Å². The number of hydrogen-bond donors (Lipinski definition) is 1. The topological polar surface area (TPSA) is 107 Å². The summed E-state index contributed by atoms with van der Waals surface area (Å²) in [6, 6.07) is 9.33. The molecular formula is C19H18FN3O5S. The van der Waals surface area contributed by atoms with E-state index in [1.165, 1.54) is 50.5 Å². The number of hydrogen-bond acceptors (Lipinski definition) is 5. The minimum absolute atomic E-state index is 0.0720. The highest BCUT2D eigenvalue weighted by molar-refractivity contribution is 7.91. The Labute approximate surface area is 165 Å². The molecule has 0 bridgehead atoms. The normalized spacial score (nSPS) is 11.6. The molecule has 1 N–H and O–H groups in total. The number of amides is 1. The Bertz CT molecular complexity index is 1340. The second-order valence-corrected chi connectivity index (χ2v) is 8.62. The molecule has 0 aliphatic carbocycles.